The van der Waals surface area contributed by atoms with Crippen molar-refractivity contribution in [3.8, 4) is 0 Å². The van der Waals surface area contributed by atoms with Crippen LogP contribution in [0.15, 0.2) is 24.3 Å². The van der Waals surface area contributed by atoms with Crippen molar-refractivity contribution in [3.05, 3.63) is 29.3 Å². The van der Waals surface area contributed by atoms with Gasteiger partial charge >= 0.3 is 0 Å². The summed E-state index contributed by atoms with van der Waals surface area (Å²) in [7, 11) is 2.03. The summed E-state index contributed by atoms with van der Waals surface area (Å²) in [5, 5.41) is 4.46. The van der Waals surface area contributed by atoms with Gasteiger partial charge in [-0.05, 0) is 32.0 Å². The van der Waals surface area contributed by atoms with Crippen molar-refractivity contribution in [3.63, 3.8) is 0 Å². The molecule has 0 bridgehead atoms. The van der Waals surface area contributed by atoms with Crippen molar-refractivity contribution in [2.45, 2.75) is 44.4 Å². The SMILES string of the molecule is CNC1CCCCC1OCc1nc2ccccc2s1. The van der Waals surface area contributed by atoms with Gasteiger partial charge in [0, 0.05) is 6.04 Å². The number of fused-ring (bicyclic) bond motifs is 1. The summed E-state index contributed by atoms with van der Waals surface area (Å²) in [6, 6.07) is 8.77. The van der Waals surface area contributed by atoms with Crippen LogP contribution in [0.4, 0.5) is 0 Å². The first kappa shape index (κ1) is 13.0. The molecule has 102 valence electrons. The van der Waals surface area contributed by atoms with Crippen LogP contribution in [0.3, 0.4) is 0 Å². The van der Waals surface area contributed by atoms with Crippen LogP contribution in [0.1, 0.15) is 30.7 Å². The fraction of sp³-hybridized carbons (Fsp3) is 0.533. The molecule has 2 unspecified atom stereocenters. The van der Waals surface area contributed by atoms with E-state index in [2.05, 4.69) is 28.5 Å². The lowest BCUT2D eigenvalue weighted by molar-refractivity contribution is -0.00360. The fourth-order valence-electron chi connectivity index (χ4n) is 2.79. The van der Waals surface area contributed by atoms with Crippen LogP contribution >= 0.6 is 11.3 Å². The molecule has 1 saturated carbocycles. The Bertz CT molecular complexity index is 507. The Hall–Kier alpha value is -0.970. The molecule has 0 spiro atoms. The third-order valence-electron chi connectivity index (χ3n) is 3.83. The zero-order valence-electron chi connectivity index (χ0n) is 11.3. The number of nitrogens with one attached hydrogen (secondary N) is 1. The van der Waals surface area contributed by atoms with Crippen LogP contribution in [-0.2, 0) is 11.3 Å². The molecule has 1 heterocycles. The molecule has 0 radical (unpaired) electrons. The third-order valence-corrected chi connectivity index (χ3v) is 4.84. The van der Waals surface area contributed by atoms with Crippen molar-refractivity contribution in [1.82, 2.24) is 10.3 Å². The zero-order valence-corrected chi connectivity index (χ0v) is 12.1. The second-order valence-electron chi connectivity index (χ2n) is 5.10. The van der Waals surface area contributed by atoms with E-state index in [9.17, 15) is 0 Å². The Morgan fingerprint density at radius 1 is 1.32 bits per heavy atom. The topological polar surface area (TPSA) is 34.1 Å². The molecule has 0 saturated heterocycles. The van der Waals surface area contributed by atoms with Crippen LogP contribution in [0.5, 0.6) is 0 Å². The summed E-state index contributed by atoms with van der Waals surface area (Å²) in [5.74, 6) is 0. The van der Waals surface area contributed by atoms with Gasteiger partial charge in [0.15, 0.2) is 0 Å². The Labute approximate surface area is 118 Å². The van der Waals surface area contributed by atoms with E-state index in [1.807, 2.05) is 13.1 Å². The van der Waals surface area contributed by atoms with Gasteiger partial charge in [0.25, 0.3) is 0 Å². The lowest BCUT2D eigenvalue weighted by Crippen LogP contribution is -2.41. The van der Waals surface area contributed by atoms with Gasteiger partial charge < -0.3 is 10.1 Å². The van der Waals surface area contributed by atoms with Crippen molar-refractivity contribution >= 4 is 21.6 Å². The Kier molecular flexibility index (Phi) is 4.11. The molecular formula is C15H20N2OS. The van der Waals surface area contributed by atoms with Crippen LogP contribution in [0, 0.1) is 0 Å². The standard InChI is InChI=1S/C15H20N2OS/c1-16-11-6-2-4-8-13(11)18-10-15-17-12-7-3-5-9-14(12)19-15/h3,5,7,9,11,13,16H,2,4,6,8,10H2,1H3. The summed E-state index contributed by atoms with van der Waals surface area (Å²) in [5.41, 5.74) is 1.08. The number of benzene rings is 1. The van der Waals surface area contributed by atoms with Crippen LogP contribution < -0.4 is 5.32 Å². The number of aromatic nitrogens is 1. The summed E-state index contributed by atoms with van der Waals surface area (Å²) in [4.78, 5) is 4.62. The number of hydrogen-bond acceptors (Lipinski definition) is 4. The van der Waals surface area contributed by atoms with Crippen molar-refractivity contribution < 1.29 is 4.74 Å². The number of thiazole rings is 1. The summed E-state index contributed by atoms with van der Waals surface area (Å²) >= 11 is 1.74. The first-order chi connectivity index (χ1) is 9.36. The first-order valence-electron chi connectivity index (χ1n) is 7.00. The highest BCUT2D eigenvalue weighted by molar-refractivity contribution is 7.18. The molecule has 1 aliphatic carbocycles. The molecule has 1 aromatic heterocycles. The van der Waals surface area contributed by atoms with Crippen molar-refractivity contribution in [2.75, 3.05) is 7.05 Å². The van der Waals surface area contributed by atoms with Crippen LogP contribution in [0.2, 0.25) is 0 Å². The molecule has 1 aromatic carbocycles. The molecule has 2 atom stereocenters. The minimum absolute atomic E-state index is 0.339. The number of nitrogens with zero attached hydrogens (tertiary/aromatic N) is 1. The molecular weight excluding hydrogens is 256 g/mol. The number of para-hydroxylation sites is 1. The third kappa shape index (κ3) is 2.96. The van der Waals surface area contributed by atoms with E-state index in [0.717, 1.165) is 16.9 Å². The highest BCUT2D eigenvalue weighted by Crippen LogP contribution is 2.25. The second kappa shape index (κ2) is 5.99. The van der Waals surface area contributed by atoms with E-state index in [0.29, 0.717) is 18.8 Å². The average Bonchev–Trinajstić information content (AvgIpc) is 2.88. The molecule has 1 N–H and O–H groups in total. The Balaban J connectivity index is 1.64. The number of rotatable bonds is 4. The summed E-state index contributed by atoms with van der Waals surface area (Å²) in [6.07, 6.45) is 5.32. The maximum absolute atomic E-state index is 6.09. The molecule has 1 aliphatic rings. The van der Waals surface area contributed by atoms with Crippen molar-refractivity contribution in [1.29, 1.82) is 0 Å². The molecule has 3 rings (SSSR count). The van der Waals surface area contributed by atoms with Crippen molar-refractivity contribution in [2.24, 2.45) is 0 Å². The highest BCUT2D eigenvalue weighted by atomic mass is 32.1. The van der Waals surface area contributed by atoms with E-state index in [-0.39, 0.29) is 0 Å². The van der Waals surface area contributed by atoms with Gasteiger partial charge in [-0.15, -0.1) is 11.3 Å². The maximum atomic E-state index is 6.09. The first-order valence-corrected chi connectivity index (χ1v) is 7.82. The quantitative estimate of drug-likeness (QED) is 0.930. The maximum Gasteiger partial charge on any atom is 0.120 e. The largest absolute Gasteiger partial charge is 0.369 e. The molecule has 2 aromatic rings. The van der Waals surface area contributed by atoms with Gasteiger partial charge in [-0.3, -0.25) is 0 Å². The minimum atomic E-state index is 0.339. The van der Waals surface area contributed by atoms with Gasteiger partial charge in [-0.25, -0.2) is 4.98 Å². The summed E-state index contributed by atoms with van der Waals surface area (Å²) < 4.78 is 7.33. The molecule has 3 nitrogen and oxygen atoms in total. The molecule has 1 fully saturated rings. The smallest absolute Gasteiger partial charge is 0.120 e. The number of likely N-dealkylation sites (N-methyl/N-ethyl adjacent to an activating group) is 1. The van der Waals surface area contributed by atoms with Gasteiger partial charge in [-0.2, -0.15) is 0 Å². The number of ether oxygens (including phenoxy) is 1. The van der Waals surface area contributed by atoms with E-state index in [4.69, 9.17) is 4.74 Å². The highest BCUT2D eigenvalue weighted by Gasteiger charge is 2.24. The van der Waals surface area contributed by atoms with E-state index >= 15 is 0 Å². The van der Waals surface area contributed by atoms with E-state index in [1.165, 1.54) is 24.0 Å². The van der Waals surface area contributed by atoms with Crippen LogP contribution in [0.25, 0.3) is 10.2 Å². The van der Waals surface area contributed by atoms with E-state index < -0.39 is 0 Å². The van der Waals surface area contributed by atoms with Crippen LogP contribution in [-0.4, -0.2) is 24.2 Å². The minimum Gasteiger partial charge on any atom is -0.369 e. The lowest BCUT2D eigenvalue weighted by Gasteiger charge is -2.30. The van der Waals surface area contributed by atoms with Gasteiger partial charge in [-0.1, -0.05) is 25.0 Å². The predicted molar refractivity (Wildman–Crippen MR) is 79.5 cm³/mol. The predicted octanol–water partition coefficient (Wildman–Crippen LogP) is 3.34. The molecule has 19 heavy (non-hydrogen) atoms. The molecule has 4 heteroatoms. The Morgan fingerprint density at radius 2 is 2.16 bits per heavy atom. The van der Waals surface area contributed by atoms with Gasteiger partial charge in [0.2, 0.25) is 0 Å². The van der Waals surface area contributed by atoms with Gasteiger partial charge in [0.1, 0.15) is 5.01 Å². The fourth-order valence-corrected chi connectivity index (χ4v) is 3.68. The average molecular weight is 276 g/mol. The second-order valence-corrected chi connectivity index (χ2v) is 6.22. The monoisotopic (exact) mass is 276 g/mol. The van der Waals surface area contributed by atoms with E-state index in [1.54, 1.807) is 11.3 Å². The lowest BCUT2D eigenvalue weighted by atomic mass is 9.92. The van der Waals surface area contributed by atoms with Gasteiger partial charge in [0.05, 0.1) is 22.9 Å². The Morgan fingerprint density at radius 3 is 3.00 bits per heavy atom. The summed E-state index contributed by atoms with van der Waals surface area (Å²) in [6.45, 7) is 0.641. The zero-order chi connectivity index (χ0) is 13.1. The normalized spacial score (nSPS) is 23.8. The molecule has 0 aliphatic heterocycles. The molecule has 0 amide bonds. The number of hydrogen-bond donors (Lipinski definition) is 1.